The van der Waals surface area contributed by atoms with Gasteiger partial charge >= 0.3 is 12.2 Å². The molecule has 0 spiro atoms. The Kier molecular flexibility index (Phi) is 9.15. The van der Waals surface area contributed by atoms with Crippen molar-refractivity contribution in [1.29, 1.82) is 0 Å². The zero-order valence-corrected chi connectivity index (χ0v) is 19.0. The summed E-state index contributed by atoms with van der Waals surface area (Å²) >= 11 is 0. The van der Waals surface area contributed by atoms with Crippen LogP contribution in [0.5, 0.6) is 0 Å². The summed E-state index contributed by atoms with van der Waals surface area (Å²) in [4.78, 5) is 38.7. The van der Waals surface area contributed by atoms with Gasteiger partial charge in [-0.1, -0.05) is 62.4 Å². The molecule has 8 nitrogen and oxygen atoms in total. The number of benzene rings is 1. The van der Waals surface area contributed by atoms with Crippen LogP contribution in [0, 0.1) is 5.92 Å². The number of nitrogens with one attached hydrogen (secondary N) is 2. The number of nitrogens with zero attached hydrogens (tertiary/aromatic N) is 1. The van der Waals surface area contributed by atoms with Gasteiger partial charge in [0.15, 0.2) is 0 Å². The molecule has 2 N–H and O–H groups in total. The van der Waals surface area contributed by atoms with E-state index in [1.54, 1.807) is 27.8 Å². The Morgan fingerprint density at radius 1 is 1.06 bits per heavy atom. The molecule has 3 amide bonds. The number of carbonyl (C=O) groups excluding carboxylic acids is 3. The molecule has 0 radical (unpaired) electrons. The summed E-state index contributed by atoms with van der Waals surface area (Å²) in [6.45, 7) is 5.42. The van der Waals surface area contributed by atoms with Crippen molar-refractivity contribution in [2.24, 2.45) is 5.92 Å². The summed E-state index contributed by atoms with van der Waals surface area (Å²) in [5.41, 5.74) is 4.83. The maximum Gasteiger partial charge on any atom is 0.426 e. The smallest absolute Gasteiger partial charge is 0.426 e. The first-order valence-electron chi connectivity index (χ1n) is 10.9. The van der Waals surface area contributed by atoms with Crippen LogP contribution < -0.4 is 10.9 Å². The Morgan fingerprint density at radius 2 is 1.71 bits per heavy atom. The average molecular weight is 434 g/mol. The van der Waals surface area contributed by atoms with E-state index in [1.165, 1.54) is 11.3 Å². The molecule has 1 saturated carbocycles. The van der Waals surface area contributed by atoms with Crippen LogP contribution in [-0.4, -0.2) is 41.7 Å². The quantitative estimate of drug-likeness (QED) is 0.657. The molecule has 1 aromatic rings. The fraction of sp³-hybridized carbons (Fsp3) is 0.609. The minimum absolute atomic E-state index is 0.0891. The van der Waals surface area contributed by atoms with Gasteiger partial charge in [0.1, 0.15) is 18.2 Å². The summed E-state index contributed by atoms with van der Waals surface area (Å²) < 4.78 is 10.5. The van der Waals surface area contributed by atoms with Crippen molar-refractivity contribution in [2.45, 2.75) is 77.5 Å². The summed E-state index contributed by atoms with van der Waals surface area (Å²) in [5.74, 6) is -0.130. The maximum absolute atomic E-state index is 12.9. The fourth-order valence-electron chi connectivity index (χ4n) is 3.60. The number of hydrogen-bond donors (Lipinski definition) is 2. The predicted molar refractivity (Wildman–Crippen MR) is 117 cm³/mol. The number of amides is 3. The SMILES string of the molecule is CN(C(=O)OC(C)(C)C)[C@@H](CC1CCCCC1)C(=O)NNC(=O)OCc1ccccc1. The molecule has 1 aliphatic carbocycles. The first-order chi connectivity index (χ1) is 14.7. The van der Waals surface area contributed by atoms with Crippen LogP contribution in [0.15, 0.2) is 30.3 Å². The number of hydrogen-bond acceptors (Lipinski definition) is 5. The van der Waals surface area contributed by atoms with Gasteiger partial charge in [0.2, 0.25) is 0 Å². The lowest BCUT2D eigenvalue weighted by molar-refractivity contribution is -0.127. The predicted octanol–water partition coefficient (Wildman–Crippen LogP) is 4.15. The van der Waals surface area contributed by atoms with Crippen LogP contribution >= 0.6 is 0 Å². The van der Waals surface area contributed by atoms with Gasteiger partial charge in [-0.3, -0.25) is 15.1 Å². The van der Waals surface area contributed by atoms with E-state index in [-0.39, 0.29) is 6.61 Å². The largest absolute Gasteiger partial charge is 0.444 e. The number of ether oxygens (including phenoxy) is 2. The second kappa shape index (κ2) is 11.6. The molecule has 0 heterocycles. The standard InChI is InChI=1S/C23H35N3O5/c1-23(2,3)31-22(29)26(4)19(15-17-11-7-5-8-12-17)20(27)24-25-21(28)30-16-18-13-9-6-10-14-18/h6,9-10,13-14,17,19H,5,7-8,11-12,15-16H2,1-4H3,(H,24,27)(H,25,28)/t19-/m0/s1. The number of likely N-dealkylation sites (N-methyl/N-ethyl adjacent to an activating group) is 1. The second-order valence-corrected chi connectivity index (χ2v) is 9.02. The monoisotopic (exact) mass is 433 g/mol. The molecule has 1 aliphatic rings. The third kappa shape index (κ3) is 8.86. The first-order valence-corrected chi connectivity index (χ1v) is 10.9. The molecule has 172 valence electrons. The van der Waals surface area contributed by atoms with Crippen molar-refractivity contribution < 1.29 is 23.9 Å². The highest BCUT2D eigenvalue weighted by atomic mass is 16.6. The molecule has 0 aromatic heterocycles. The van der Waals surface area contributed by atoms with Gasteiger partial charge in [-0.15, -0.1) is 0 Å². The van der Waals surface area contributed by atoms with Gasteiger partial charge in [-0.2, -0.15) is 0 Å². The molecule has 1 atom stereocenters. The maximum atomic E-state index is 12.9. The summed E-state index contributed by atoms with van der Waals surface area (Å²) in [6.07, 6.45) is 4.67. The third-order valence-electron chi connectivity index (χ3n) is 5.23. The van der Waals surface area contributed by atoms with Gasteiger partial charge in [0.05, 0.1) is 0 Å². The summed E-state index contributed by atoms with van der Waals surface area (Å²) in [5, 5.41) is 0. The van der Waals surface area contributed by atoms with E-state index in [2.05, 4.69) is 10.9 Å². The zero-order chi connectivity index (χ0) is 22.9. The van der Waals surface area contributed by atoms with Gasteiger partial charge < -0.3 is 9.47 Å². The molecule has 0 aliphatic heterocycles. The van der Waals surface area contributed by atoms with Crippen molar-refractivity contribution in [1.82, 2.24) is 15.8 Å². The Hall–Kier alpha value is -2.77. The summed E-state index contributed by atoms with van der Waals surface area (Å²) in [6, 6.07) is 8.48. The van der Waals surface area contributed by atoms with Crippen LogP contribution in [0.3, 0.4) is 0 Å². The van der Waals surface area contributed by atoms with Gasteiger partial charge in [0.25, 0.3) is 5.91 Å². The zero-order valence-electron chi connectivity index (χ0n) is 19.0. The van der Waals surface area contributed by atoms with Crippen molar-refractivity contribution >= 4 is 18.1 Å². The summed E-state index contributed by atoms with van der Waals surface area (Å²) in [7, 11) is 1.55. The topological polar surface area (TPSA) is 97.0 Å². The van der Waals surface area contributed by atoms with E-state index < -0.39 is 29.7 Å². The van der Waals surface area contributed by atoms with Crippen LogP contribution in [0.4, 0.5) is 9.59 Å². The van der Waals surface area contributed by atoms with Gasteiger partial charge in [0, 0.05) is 7.05 Å². The highest BCUT2D eigenvalue weighted by Gasteiger charge is 2.33. The van der Waals surface area contributed by atoms with E-state index in [0.717, 1.165) is 31.2 Å². The molecule has 0 bridgehead atoms. The molecular weight excluding hydrogens is 398 g/mol. The van der Waals surface area contributed by atoms with Crippen LogP contribution in [0.1, 0.15) is 64.9 Å². The lowest BCUT2D eigenvalue weighted by atomic mass is 9.84. The minimum atomic E-state index is -0.770. The Morgan fingerprint density at radius 3 is 2.32 bits per heavy atom. The highest BCUT2D eigenvalue weighted by molar-refractivity contribution is 5.86. The lowest BCUT2D eigenvalue weighted by Crippen LogP contribution is -2.54. The third-order valence-corrected chi connectivity index (χ3v) is 5.23. The van der Waals surface area contributed by atoms with Crippen molar-refractivity contribution in [3.05, 3.63) is 35.9 Å². The Balaban J connectivity index is 1.94. The van der Waals surface area contributed by atoms with Gasteiger partial charge in [-0.25, -0.2) is 15.0 Å². The van der Waals surface area contributed by atoms with Crippen LogP contribution in [0.2, 0.25) is 0 Å². The normalized spacial score (nSPS) is 15.5. The Labute approximate surface area is 184 Å². The van der Waals surface area contributed by atoms with Crippen molar-refractivity contribution in [2.75, 3.05) is 7.05 Å². The van der Waals surface area contributed by atoms with E-state index in [9.17, 15) is 14.4 Å². The number of carbonyl (C=O) groups is 3. The fourth-order valence-corrected chi connectivity index (χ4v) is 3.60. The molecule has 2 rings (SSSR count). The molecule has 1 fully saturated rings. The second-order valence-electron chi connectivity index (χ2n) is 9.02. The molecule has 1 aromatic carbocycles. The van der Waals surface area contributed by atoms with Crippen LogP contribution in [0.25, 0.3) is 0 Å². The van der Waals surface area contributed by atoms with E-state index >= 15 is 0 Å². The number of hydrazine groups is 1. The van der Waals surface area contributed by atoms with E-state index in [0.29, 0.717) is 12.3 Å². The molecule has 0 unspecified atom stereocenters. The van der Waals surface area contributed by atoms with Crippen LogP contribution in [-0.2, 0) is 20.9 Å². The number of rotatable bonds is 6. The lowest BCUT2D eigenvalue weighted by Gasteiger charge is -2.33. The first kappa shape index (κ1) is 24.5. The molecule has 31 heavy (non-hydrogen) atoms. The minimum Gasteiger partial charge on any atom is -0.444 e. The van der Waals surface area contributed by atoms with E-state index in [4.69, 9.17) is 9.47 Å². The Bertz CT molecular complexity index is 726. The average Bonchev–Trinajstić information content (AvgIpc) is 2.74. The van der Waals surface area contributed by atoms with Crippen molar-refractivity contribution in [3.63, 3.8) is 0 Å². The van der Waals surface area contributed by atoms with Crippen molar-refractivity contribution in [3.8, 4) is 0 Å². The highest BCUT2D eigenvalue weighted by Crippen LogP contribution is 2.29. The van der Waals surface area contributed by atoms with E-state index in [1.807, 2.05) is 30.3 Å². The molecular formula is C23H35N3O5. The molecule has 0 saturated heterocycles. The molecule has 8 heteroatoms. The van der Waals surface area contributed by atoms with Gasteiger partial charge in [-0.05, 0) is 38.7 Å².